The van der Waals surface area contributed by atoms with Crippen LogP contribution >= 0.6 is 11.8 Å². The Morgan fingerprint density at radius 1 is 1.60 bits per heavy atom. The molecule has 1 aromatic heterocycles. The second kappa shape index (κ2) is 6.40. The van der Waals surface area contributed by atoms with Gasteiger partial charge in [0.15, 0.2) is 0 Å². The SMILES string of the molecule is CSC[C@H](C)CNC(=O)c1cnccn1. The summed E-state index contributed by atoms with van der Waals surface area (Å²) in [6.45, 7) is 2.78. The van der Waals surface area contributed by atoms with Gasteiger partial charge in [0.05, 0.1) is 6.20 Å². The Kier molecular flexibility index (Phi) is 5.10. The molecule has 5 heteroatoms. The first-order valence-corrected chi connectivity index (χ1v) is 6.16. The largest absolute Gasteiger partial charge is 0.350 e. The molecule has 0 saturated carbocycles. The molecule has 1 rings (SSSR count). The predicted octanol–water partition coefficient (Wildman–Crippen LogP) is 1.21. The molecule has 1 N–H and O–H groups in total. The van der Waals surface area contributed by atoms with Crippen LogP contribution in [-0.2, 0) is 0 Å². The van der Waals surface area contributed by atoms with E-state index in [2.05, 4.69) is 28.5 Å². The van der Waals surface area contributed by atoms with Crippen LogP contribution in [0.4, 0.5) is 0 Å². The number of carbonyl (C=O) groups is 1. The van der Waals surface area contributed by atoms with Crippen LogP contribution in [0, 0.1) is 5.92 Å². The first-order chi connectivity index (χ1) is 7.24. The zero-order valence-electron chi connectivity index (χ0n) is 8.93. The molecular weight excluding hydrogens is 210 g/mol. The van der Waals surface area contributed by atoms with Gasteiger partial charge in [-0.2, -0.15) is 11.8 Å². The first-order valence-electron chi connectivity index (χ1n) is 4.77. The van der Waals surface area contributed by atoms with Crippen molar-refractivity contribution >= 4 is 17.7 Å². The van der Waals surface area contributed by atoms with E-state index in [9.17, 15) is 4.79 Å². The summed E-state index contributed by atoms with van der Waals surface area (Å²) in [5.74, 6) is 1.36. The highest BCUT2D eigenvalue weighted by molar-refractivity contribution is 7.98. The van der Waals surface area contributed by atoms with Crippen molar-refractivity contribution in [2.24, 2.45) is 5.92 Å². The van der Waals surface area contributed by atoms with E-state index >= 15 is 0 Å². The topological polar surface area (TPSA) is 54.9 Å². The van der Waals surface area contributed by atoms with Crippen molar-refractivity contribution in [2.75, 3.05) is 18.6 Å². The van der Waals surface area contributed by atoms with E-state index in [1.807, 2.05) is 0 Å². The number of nitrogens with one attached hydrogen (secondary N) is 1. The van der Waals surface area contributed by atoms with E-state index in [4.69, 9.17) is 0 Å². The number of hydrogen-bond donors (Lipinski definition) is 1. The van der Waals surface area contributed by atoms with Crippen molar-refractivity contribution in [3.05, 3.63) is 24.3 Å². The van der Waals surface area contributed by atoms with Gasteiger partial charge in [-0.25, -0.2) is 4.98 Å². The molecule has 1 atom stereocenters. The highest BCUT2D eigenvalue weighted by Gasteiger charge is 2.08. The molecule has 0 saturated heterocycles. The summed E-state index contributed by atoms with van der Waals surface area (Å²) in [5.41, 5.74) is 0.369. The quantitative estimate of drug-likeness (QED) is 0.818. The van der Waals surface area contributed by atoms with E-state index in [1.54, 1.807) is 18.0 Å². The monoisotopic (exact) mass is 225 g/mol. The number of hydrogen-bond acceptors (Lipinski definition) is 4. The second-order valence-corrected chi connectivity index (χ2v) is 4.27. The van der Waals surface area contributed by atoms with Crippen LogP contribution in [0.1, 0.15) is 17.4 Å². The zero-order valence-corrected chi connectivity index (χ0v) is 9.75. The molecule has 0 radical (unpaired) electrons. The summed E-state index contributed by atoms with van der Waals surface area (Å²) in [4.78, 5) is 19.3. The summed E-state index contributed by atoms with van der Waals surface area (Å²) in [7, 11) is 0. The lowest BCUT2D eigenvalue weighted by atomic mass is 10.2. The molecule has 4 nitrogen and oxygen atoms in total. The molecule has 0 unspecified atom stereocenters. The van der Waals surface area contributed by atoms with E-state index in [0.29, 0.717) is 18.2 Å². The van der Waals surface area contributed by atoms with E-state index in [-0.39, 0.29) is 5.91 Å². The number of thioether (sulfide) groups is 1. The Hall–Kier alpha value is -1.10. The molecule has 1 aromatic rings. The number of aromatic nitrogens is 2. The maximum atomic E-state index is 11.5. The minimum absolute atomic E-state index is 0.156. The van der Waals surface area contributed by atoms with Crippen LogP contribution < -0.4 is 5.32 Å². The van der Waals surface area contributed by atoms with Crippen LogP contribution in [0.5, 0.6) is 0 Å². The Bertz CT molecular complexity index is 305. The van der Waals surface area contributed by atoms with E-state index in [0.717, 1.165) is 5.75 Å². The van der Waals surface area contributed by atoms with Gasteiger partial charge in [-0.1, -0.05) is 6.92 Å². The van der Waals surface area contributed by atoms with Gasteiger partial charge in [0.1, 0.15) is 5.69 Å². The maximum Gasteiger partial charge on any atom is 0.271 e. The third-order valence-corrected chi connectivity index (χ3v) is 2.76. The third-order valence-electron chi connectivity index (χ3n) is 1.86. The fourth-order valence-electron chi connectivity index (χ4n) is 1.12. The summed E-state index contributed by atoms with van der Waals surface area (Å²) in [6, 6.07) is 0. The number of nitrogens with zero attached hydrogens (tertiary/aromatic N) is 2. The Balaban J connectivity index is 2.37. The molecule has 1 amide bonds. The van der Waals surface area contributed by atoms with Gasteiger partial charge in [0, 0.05) is 18.9 Å². The number of carbonyl (C=O) groups excluding carboxylic acids is 1. The van der Waals surface area contributed by atoms with E-state index < -0.39 is 0 Å². The highest BCUT2D eigenvalue weighted by atomic mass is 32.2. The minimum atomic E-state index is -0.156. The molecule has 0 aliphatic rings. The van der Waals surface area contributed by atoms with Crippen molar-refractivity contribution in [1.29, 1.82) is 0 Å². The second-order valence-electron chi connectivity index (χ2n) is 3.36. The minimum Gasteiger partial charge on any atom is -0.350 e. The number of amides is 1. The molecule has 0 fully saturated rings. The molecule has 15 heavy (non-hydrogen) atoms. The zero-order chi connectivity index (χ0) is 11.1. The van der Waals surface area contributed by atoms with E-state index in [1.165, 1.54) is 12.4 Å². The summed E-state index contributed by atoms with van der Waals surface area (Å²) in [6.07, 6.45) is 6.59. The molecule has 0 spiro atoms. The Morgan fingerprint density at radius 3 is 3.00 bits per heavy atom. The normalized spacial score (nSPS) is 12.1. The van der Waals surface area contributed by atoms with Crippen molar-refractivity contribution in [2.45, 2.75) is 6.92 Å². The molecule has 0 aliphatic carbocycles. The summed E-state index contributed by atoms with van der Waals surface area (Å²) in [5, 5.41) is 2.83. The lowest BCUT2D eigenvalue weighted by Crippen LogP contribution is -2.29. The Morgan fingerprint density at radius 2 is 2.40 bits per heavy atom. The van der Waals surface area contributed by atoms with Crippen molar-refractivity contribution in [1.82, 2.24) is 15.3 Å². The average molecular weight is 225 g/mol. The van der Waals surface area contributed by atoms with Gasteiger partial charge in [-0.15, -0.1) is 0 Å². The molecule has 0 bridgehead atoms. The van der Waals surface area contributed by atoms with Gasteiger partial charge in [0.25, 0.3) is 5.91 Å². The molecular formula is C10H15N3OS. The van der Waals surface area contributed by atoms with Crippen LogP contribution in [0.3, 0.4) is 0 Å². The van der Waals surface area contributed by atoms with Crippen LogP contribution in [-0.4, -0.2) is 34.4 Å². The highest BCUT2D eigenvalue weighted by Crippen LogP contribution is 2.02. The molecule has 0 aromatic carbocycles. The van der Waals surface area contributed by atoms with Crippen LogP contribution in [0.2, 0.25) is 0 Å². The van der Waals surface area contributed by atoms with Crippen LogP contribution in [0.15, 0.2) is 18.6 Å². The van der Waals surface area contributed by atoms with Crippen molar-refractivity contribution in [3.63, 3.8) is 0 Å². The van der Waals surface area contributed by atoms with Gasteiger partial charge in [-0.05, 0) is 17.9 Å². The first kappa shape index (κ1) is 12.0. The maximum absolute atomic E-state index is 11.5. The summed E-state index contributed by atoms with van der Waals surface area (Å²) < 4.78 is 0. The lowest BCUT2D eigenvalue weighted by molar-refractivity contribution is 0.0944. The molecule has 82 valence electrons. The molecule has 1 heterocycles. The van der Waals surface area contributed by atoms with Gasteiger partial charge in [-0.3, -0.25) is 9.78 Å². The fraction of sp³-hybridized carbons (Fsp3) is 0.500. The van der Waals surface area contributed by atoms with Gasteiger partial charge >= 0.3 is 0 Å². The standard InChI is InChI=1S/C10H15N3OS/c1-8(7-15-2)5-13-10(14)9-6-11-3-4-12-9/h3-4,6,8H,5,7H2,1-2H3,(H,13,14)/t8-/m1/s1. The van der Waals surface area contributed by atoms with Crippen LogP contribution in [0.25, 0.3) is 0 Å². The Labute approximate surface area is 93.9 Å². The molecule has 0 aliphatic heterocycles. The van der Waals surface area contributed by atoms with Crippen molar-refractivity contribution in [3.8, 4) is 0 Å². The smallest absolute Gasteiger partial charge is 0.271 e. The summed E-state index contributed by atoms with van der Waals surface area (Å²) >= 11 is 1.78. The average Bonchev–Trinajstić information content (AvgIpc) is 2.27. The van der Waals surface area contributed by atoms with Gasteiger partial charge in [0.2, 0.25) is 0 Å². The van der Waals surface area contributed by atoms with Gasteiger partial charge < -0.3 is 5.32 Å². The fourth-order valence-corrected chi connectivity index (χ4v) is 1.80. The van der Waals surface area contributed by atoms with Crippen molar-refractivity contribution < 1.29 is 4.79 Å². The third kappa shape index (κ3) is 4.29. The number of rotatable bonds is 5. The lowest BCUT2D eigenvalue weighted by Gasteiger charge is -2.10. The predicted molar refractivity (Wildman–Crippen MR) is 61.9 cm³/mol.